The van der Waals surface area contributed by atoms with Crippen LogP contribution >= 0.6 is 0 Å². The van der Waals surface area contributed by atoms with Gasteiger partial charge < -0.3 is 0 Å². The summed E-state index contributed by atoms with van der Waals surface area (Å²) in [7, 11) is 0. The fourth-order valence-corrected chi connectivity index (χ4v) is 4.77. The number of fused-ring (bicyclic) bond motifs is 5. The molecule has 2 bridgehead atoms. The van der Waals surface area contributed by atoms with Gasteiger partial charge in [0.15, 0.2) is 0 Å². The fourth-order valence-electron chi connectivity index (χ4n) is 4.77. The van der Waals surface area contributed by atoms with E-state index in [1.165, 1.54) is 16.0 Å². The van der Waals surface area contributed by atoms with E-state index in [1.807, 2.05) is 30.3 Å². The molecule has 1 saturated carbocycles. The Bertz CT molecular complexity index is 744. The SMILES string of the molecule is C=CCC1=CC2CC1C1C(=O)N(c3ccc(C(C)C)cc3)C(=O)C21. The third-order valence-corrected chi connectivity index (χ3v) is 5.92. The van der Waals surface area contributed by atoms with Crippen LogP contribution in [0.1, 0.15) is 38.2 Å². The van der Waals surface area contributed by atoms with Crippen LogP contribution in [0.5, 0.6) is 0 Å². The smallest absolute Gasteiger partial charge is 0.238 e. The Labute approximate surface area is 143 Å². The van der Waals surface area contributed by atoms with Crippen LogP contribution in [-0.4, -0.2) is 11.8 Å². The maximum Gasteiger partial charge on any atom is 0.238 e. The quantitative estimate of drug-likeness (QED) is 0.619. The van der Waals surface area contributed by atoms with Crippen molar-refractivity contribution in [1.29, 1.82) is 0 Å². The van der Waals surface area contributed by atoms with Crippen LogP contribution in [0, 0.1) is 23.7 Å². The second-order valence-corrected chi connectivity index (χ2v) is 7.55. The first kappa shape index (κ1) is 15.4. The molecule has 1 aromatic rings. The van der Waals surface area contributed by atoms with Crippen molar-refractivity contribution in [1.82, 2.24) is 0 Å². The van der Waals surface area contributed by atoms with Crippen molar-refractivity contribution in [2.45, 2.75) is 32.6 Å². The molecule has 0 N–H and O–H groups in total. The minimum Gasteiger partial charge on any atom is -0.274 e. The molecule has 24 heavy (non-hydrogen) atoms. The molecule has 4 atom stereocenters. The van der Waals surface area contributed by atoms with Crippen molar-refractivity contribution in [3.8, 4) is 0 Å². The van der Waals surface area contributed by atoms with Gasteiger partial charge >= 0.3 is 0 Å². The molecule has 0 radical (unpaired) electrons. The third kappa shape index (κ3) is 2.03. The van der Waals surface area contributed by atoms with E-state index >= 15 is 0 Å². The van der Waals surface area contributed by atoms with Gasteiger partial charge in [0.2, 0.25) is 11.8 Å². The summed E-state index contributed by atoms with van der Waals surface area (Å²) in [4.78, 5) is 27.4. The topological polar surface area (TPSA) is 37.4 Å². The summed E-state index contributed by atoms with van der Waals surface area (Å²) in [6, 6.07) is 7.85. The van der Waals surface area contributed by atoms with Gasteiger partial charge in [0, 0.05) is 0 Å². The lowest BCUT2D eigenvalue weighted by molar-refractivity contribution is -0.123. The van der Waals surface area contributed by atoms with E-state index in [9.17, 15) is 9.59 Å². The molecule has 1 saturated heterocycles. The Morgan fingerprint density at radius 1 is 1.17 bits per heavy atom. The Kier molecular flexibility index (Phi) is 3.48. The highest BCUT2D eigenvalue weighted by Gasteiger charge is 2.61. The van der Waals surface area contributed by atoms with E-state index in [1.54, 1.807) is 0 Å². The first-order valence-corrected chi connectivity index (χ1v) is 8.82. The van der Waals surface area contributed by atoms with Gasteiger partial charge in [0.05, 0.1) is 17.5 Å². The molecule has 3 aliphatic rings. The van der Waals surface area contributed by atoms with E-state index in [-0.39, 0.29) is 35.5 Å². The molecule has 0 spiro atoms. The molecule has 2 fully saturated rings. The number of imide groups is 1. The number of amides is 2. The zero-order valence-electron chi connectivity index (χ0n) is 14.2. The second kappa shape index (κ2) is 5.44. The largest absolute Gasteiger partial charge is 0.274 e. The summed E-state index contributed by atoms with van der Waals surface area (Å²) in [5.74, 6) is 0.562. The van der Waals surface area contributed by atoms with E-state index in [4.69, 9.17) is 0 Å². The number of allylic oxidation sites excluding steroid dienone is 3. The van der Waals surface area contributed by atoms with Crippen molar-refractivity contribution in [3.63, 3.8) is 0 Å². The summed E-state index contributed by atoms with van der Waals surface area (Å²) in [5, 5.41) is 0. The Morgan fingerprint density at radius 2 is 1.83 bits per heavy atom. The molecule has 1 aromatic carbocycles. The normalized spacial score (nSPS) is 31.0. The first-order chi connectivity index (χ1) is 11.5. The lowest BCUT2D eigenvalue weighted by Crippen LogP contribution is -2.32. The van der Waals surface area contributed by atoms with Gasteiger partial charge in [-0.15, -0.1) is 6.58 Å². The molecule has 2 amide bonds. The zero-order chi connectivity index (χ0) is 17.0. The van der Waals surface area contributed by atoms with Gasteiger partial charge in [0.25, 0.3) is 0 Å². The van der Waals surface area contributed by atoms with Gasteiger partial charge in [-0.3, -0.25) is 14.5 Å². The van der Waals surface area contributed by atoms with Crippen LogP contribution in [-0.2, 0) is 9.59 Å². The van der Waals surface area contributed by atoms with Crippen LogP contribution in [0.25, 0.3) is 0 Å². The van der Waals surface area contributed by atoms with Gasteiger partial charge in [0.1, 0.15) is 0 Å². The van der Waals surface area contributed by atoms with E-state index in [0.29, 0.717) is 11.6 Å². The molecule has 3 heteroatoms. The summed E-state index contributed by atoms with van der Waals surface area (Å²) in [6.07, 6.45) is 5.90. The van der Waals surface area contributed by atoms with Crippen molar-refractivity contribution < 1.29 is 9.59 Å². The number of carbonyl (C=O) groups excluding carboxylic acids is 2. The number of hydrogen-bond acceptors (Lipinski definition) is 2. The van der Waals surface area contributed by atoms with Gasteiger partial charge in [-0.25, -0.2) is 0 Å². The number of nitrogens with zero attached hydrogens (tertiary/aromatic N) is 1. The average molecular weight is 321 g/mol. The van der Waals surface area contributed by atoms with Gasteiger partial charge in [-0.2, -0.15) is 0 Å². The average Bonchev–Trinajstić information content (AvgIpc) is 3.20. The first-order valence-electron chi connectivity index (χ1n) is 8.82. The van der Waals surface area contributed by atoms with E-state index in [0.717, 1.165) is 12.8 Å². The highest BCUT2D eigenvalue weighted by molar-refractivity contribution is 6.22. The summed E-state index contributed by atoms with van der Waals surface area (Å²) < 4.78 is 0. The van der Waals surface area contributed by atoms with Crippen LogP contribution < -0.4 is 4.90 Å². The zero-order valence-corrected chi connectivity index (χ0v) is 14.2. The van der Waals surface area contributed by atoms with E-state index in [2.05, 4.69) is 26.5 Å². The molecular weight excluding hydrogens is 298 g/mol. The monoisotopic (exact) mass is 321 g/mol. The number of carbonyl (C=O) groups is 2. The molecule has 2 aliphatic carbocycles. The van der Waals surface area contributed by atoms with Crippen LogP contribution in [0.4, 0.5) is 5.69 Å². The number of rotatable bonds is 4. The Morgan fingerprint density at radius 3 is 2.46 bits per heavy atom. The Balaban J connectivity index is 1.64. The predicted octanol–water partition coefficient (Wildman–Crippen LogP) is 4.07. The highest BCUT2D eigenvalue weighted by Crippen LogP contribution is 2.56. The summed E-state index contributed by atoms with van der Waals surface area (Å²) in [6.45, 7) is 8.08. The van der Waals surface area contributed by atoms with Crippen LogP contribution in [0.3, 0.4) is 0 Å². The fraction of sp³-hybridized carbons (Fsp3) is 0.429. The summed E-state index contributed by atoms with van der Waals surface area (Å²) in [5.41, 5.74) is 3.23. The molecule has 3 nitrogen and oxygen atoms in total. The minimum atomic E-state index is -0.160. The molecule has 4 rings (SSSR count). The lowest BCUT2D eigenvalue weighted by atomic mass is 9.80. The molecule has 4 unspecified atom stereocenters. The molecule has 0 aromatic heterocycles. The van der Waals surface area contributed by atoms with Crippen molar-refractivity contribution in [2.75, 3.05) is 4.90 Å². The number of benzene rings is 1. The highest BCUT2D eigenvalue weighted by atomic mass is 16.2. The van der Waals surface area contributed by atoms with Crippen molar-refractivity contribution in [3.05, 3.63) is 54.1 Å². The predicted molar refractivity (Wildman–Crippen MR) is 94.5 cm³/mol. The maximum absolute atomic E-state index is 13.0. The van der Waals surface area contributed by atoms with Gasteiger partial charge in [-0.05, 0) is 48.3 Å². The second-order valence-electron chi connectivity index (χ2n) is 7.55. The Hall–Kier alpha value is -2.16. The third-order valence-electron chi connectivity index (χ3n) is 5.92. The number of anilines is 1. The molecule has 1 aliphatic heterocycles. The molecule has 1 heterocycles. The van der Waals surface area contributed by atoms with Gasteiger partial charge in [-0.1, -0.05) is 43.7 Å². The van der Waals surface area contributed by atoms with Crippen molar-refractivity contribution in [2.24, 2.45) is 23.7 Å². The standard InChI is InChI=1S/C21H23NO2/c1-4-5-14-10-15-11-17(14)19-18(15)20(23)22(21(19)24)16-8-6-13(7-9-16)12(2)3/h4,6-10,12,15,17-19H,1,5,11H2,2-3H3. The molecular formula is C21H23NO2. The summed E-state index contributed by atoms with van der Waals surface area (Å²) >= 11 is 0. The van der Waals surface area contributed by atoms with Crippen molar-refractivity contribution >= 4 is 17.5 Å². The number of hydrogen-bond donors (Lipinski definition) is 0. The maximum atomic E-state index is 13.0. The molecule has 124 valence electrons. The van der Waals surface area contributed by atoms with E-state index < -0.39 is 0 Å². The van der Waals surface area contributed by atoms with Crippen LogP contribution in [0.2, 0.25) is 0 Å². The minimum absolute atomic E-state index is 0.00976. The van der Waals surface area contributed by atoms with Crippen LogP contribution in [0.15, 0.2) is 48.6 Å². The lowest BCUT2D eigenvalue weighted by Gasteiger charge is -2.21.